The number of halogens is 3. The predicted molar refractivity (Wildman–Crippen MR) is 72.4 cm³/mol. The summed E-state index contributed by atoms with van der Waals surface area (Å²) in [6.07, 6.45) is 1.88. The lowest BCUT2D eigenvalue weighted by Crippen LogP contribution is -1.99. The Hall–Kier alpha value is -1.87. The van der Waals surface area contributed by atoms with Crippen molar-refractivity contribution in [3.8, 4) is 0 Å². The number of benzene rings is 2. The molecule has 0 unspecified atom stereocenters. The number of nitrogens with zero attached hydrogens (tertiary/aromatic N) is 1. The maximum atomic E-state index is 13.2. The largest absolute Gasteiger partial charge is 0.343 e. The Kier molecular flexibility index (Phi) is 2.99. The number of hydrogen-bond acceptors (Lipinski definition) is 0. The lowest BCUT2D eigenvalue weighted by molar-refractivity contribution is 0.578. The van der Waals surface area contributed by atoms with Crippen molar-refractivity contribution in [3.05, 3.63) is 70.9 Å². The highest BCUT2D eigenvalue weighted by Gasteiger charge is 2.05. The molecule has 0 aliphatic carbocycles. The number of aromatic nitrogens is 1. The Bertz CT molecular complexity index is 729. The van der Waals surface area contributed by atoms with Crippen LogP contribution in [0.4, 0.5) is 8.78 Å². The van der Waals surface area contributed by atoms with E-state index in [1.807, 2.05) is 29.0 Å². The van der Waals surface area contributed by atoms with E-state index < -0.39 is 11.6 Å². The summed E-state index contributed by atoms with van der Waals surface area (Å²) >= 11 is 5.92. The molecular weight excluding hydrogens is 268 g/mol. The molecule has 0 saturated carbocycles. The Labute approximate surface area is 114 Å². The second kappa shape index (κ2) is 4.67. The first-order chi connectivity index (χ1) is 9.11. The molecule has 4 heteroatoms. The molecule has 0 aliphatic heterocycles. The van der Waals surface area contributed by atoms with Gasteiger partial charge in [-0.15, -0.1) is 0 Å². The smallest absolute Gasteiger partial charge is 0.126 e. The summed E-state index contributed by atoms with van der Waals surface area (Å²) in [5.74, 6) is -1.12. The first-order valence-electron chi connectivity index (χ1n) is 5.81. The highest BCUT2D eigenvalue weighted by atomic mass is 35.5. The van der Waals surface area contributed by atoms with Gasteiger partial charge in [0.05, 0.1) is 0 Å². The molecule has 1 aromatic heterocycles. The number of fused-ring (bicyclic) bond motifs is 1. The van der Waals surface area contributed by atoms with Crippen LogP contribution in [0.15, 0.2) is 48.7 Å². The van der Waals surface area contributed by atoms with Gasteiger partial charge in [0.15, 0.2) is 0 Å². The van der Waals surface area contributed by atoms with Crippen LogP contribution in [0.2, 0.25) is 5.02 Å². The van der Waals surface area contributed by atoms with Gasteiger partial charge in [-0.25, -0.2) is 8.78 Å². The molecule has 0 amide bonds. The Balaban J connectivity index is 2.01. The van der Waals surface area contributed by atoms with Gasteiger partial charge < -0.3 is 4.57 Å². The van der Waals surface area contributed by atoms with Crippen molar-refractivity contribution < 1.29 is 8.78 Å². The molecule has 0 aliphatic rings. The van der Waals surface area contributed by atoms with E-state index in [2.05, 4.69) is 0 Å². The van der Waals surface area contributed by atoms with Crippen LogP contribution in [0.5, 0.6) is 0 Å². The van der Waals surface area contributed by atoms with Crippen LogP contribution in [0, 0.1) is 11.6 Å². The van der Waals surface area contributed by atoms with Crippen LogP contribution in [0.1, 0.15) is 5.56 Å². The third-order valence-electron chi connectivity index (χ3n) is 3.01. The van der Waals surface area contributed by atoms with Crippen LogP contribution in [0.3, 0.4) is 0 Å². The first-order valence-corrected chi connectivity index (χ1v) is 6.19. The fourth-order valence-electron chi connectivity index (χ4n) is 2.21. The zero-order valence-electron chi connectivity index (χ0n) is 9.91. The summed E-state index contributed by atoms with van der Waals surface area (Å²) in [6.45, 7) is 0.416. The van der Waals surface area contributed by atoms with Crippen LogP contribution in [-0.2, 0) is 6.54 Å². The van der Waals surface area contributed by atoms with Crippen LogP contribution in [-0.4, -0.2) is 4.57 Å². The quantitative estimate of drug-likeness (QED) is 0.644. The highest BCUT2D eigenvalue weighted by molar-refractivity contribution is 6.31. The van der Waals surface area contributed by atoms with Crippen molar-refractivity contribution in [2.45, 2.75) is 6.54 Å². The van der Waals surface area contributed by atoms with E-state index in [1.54, 1.807) is 6.07 Å². The third kappa shape index (κ3) is 2.47. The third-order valence-corrected chi connectivity index (χ3v) is 3.24. The van der Waals surface area contributed by atoms with Gasteiger partial charge in [0, 0.05) is 34.7 Å². The summed E-state index contributed by atoms with van der Waals surface area (Å²) in [5, 5.41) is 1.67. The topological polar surface area (TPSA) is 4.93 Å². The number of rotatable bonds is 2. The van der Waals surface area contributed by atoms with Gasteiger partial charge in [0.25, 0.3) is 0 Å². The molecule has 1 nitrogen and oxygen atoms in total. The molecule has 19 heavy (non-hydrogen) atoms. The lowest BCUT2D eigenvalue weighted by atomic mass is 10.2. The summed E-state index contributed by atoms with van der Waals surface area (Å²) in [6, 6.07) is 11.0. The van der Waals surface area contributed by atoms with Gasteiger partial charge >= 0.3 is 0 Å². The SMILES string of the molecule is Fc1cc(F)cc(Cn2ccc3cc(Cl)ccc32)c1. The van der Waals surface area contributed by atoms with Gasteiger partial charge in [0.2, 0.25) is 0 Å². The van der Waals surface area contributed by atoms with Gasteiger partial charge in [-0.2, -0.15) is 0 Å². The highest BCUT2D eigenvalue weighted by Crippen LogP contribution is 2.21. The second-order valence-electron chi connectivity index (χ2n) is 4.42. The van der Waals surface area contributed by atoms with Crippen molar-refractivity contribution in [1.29, 1.82) is 0 Å². The van der Waals surface area contributed by atoms with Gasteiger partial charge in [0.1, 0.15) is 11.6 Å². The van der Waals surface area contributed by atoms with E-state index in [0.717, 1.165) is 17.0 Å². The Morgan fingerprint density at radius 3 is 2.42 bits per heavy atom. The maximum absolute atomic E-state index is 13.2. The van der Waals surface area contributed by atoms with Crippen molar-refractivity contribution >= 4 is 22.5 Å². The minimum Gasteiger partial charge on any atom is -0.343 e. The van der Waals surface area contributed by atoms with E-state index >= 15 is 0 Å². The average molecular weight is 278 g/mol. The minimum atomic E-state index is -0.561. The minimum absolute atomic E-state index is 0.416. The zero-order chi connectivity index (χ0) is 13.4. The fourth-order valence-corrected chi connectivity index (χ4v) is 2.39. The van der Waals surface area contributed by atoms with E-state index in [9.17, 15) is 8.78 Å². The van der Waals surface area contributed by atoms with Crippen molar-refractivity contribution in [1.82, 2.24) is 4.57 Å². The summed E-state index contributed by atoms with van der Waals surface area (Å²) < 4.78 is 28.2. The lowest BCUT2D eigenvalue weighted by Gasteiger charge is -2.06. The van der Waals surface area contributed by atoms with Crippen molar-refractivity contribution in [2.24, 2.45) is 0 Å². The molecule has 3 rings (SSSR count). The molecule has 3 aromatic rings. The van der Waals surface area contributed by atoms with Gasteiger partial charge in [-0.1, -0.05) is 11.6 Å². The molecule has 0 saturated heterocycles. The first kappa shape index (κ1) is 12.2. The average Bonchev–Trinajstić information content (AvgIpc) is 2.70. The molecule has 0 fully saturated rings. The molecule has 0 spiro atoms. The predicted octanol–water partition coefficient (Wildman–Crippen LogP) is 4.62. The Morgan fingerprint density at radius 2 is 1.68 bits per heavy atom. The van der Waals surface area contributed by atoms with Crippen LogP contribution in [0.25, 0.3) is 10.9 Å². The molecule has 0 atom stereocenters. The fraction of sp³-hybridized carbons (Fsp3) is 0.0667. The molecular formula is C15H10ClF2N. The molecule has 1 heterocycles. The molecule has 0 radical (unpaired) electrons. The summed E-state index contributed by atoms with van der Waals surface area (Å²) in [4.78, 5) is 0. The molecule has 96 valence electrons. The maximum Gasteiger partial charge on any atom is 0.126 e. The molecule has 0 N–H and O–H groups in total. The van der Waals surface area contributed by atoms with Gasteiger partial charge in [-0.3, -0.25) is 0 Å². The van der Waals surface area contributed by atoms with Crippen LogP contribution >= 0.6 is 11.6 Å². The summed E-state index contributed by atoms with van der Waals surface area (Å²) in [5.41, 5.74) is 1.57. The zero-order valence-corrected chi connectivity index (χ0v) is 10.7. The summed E-state index contributed by atoms with van der Waals surface area (Å²) in [7, 11) is 0. The normalized spacial score (nSPS) is 11.1. The van der Waals surface area contributed by atoms with Crippen molar-refractivity contribution in [2.75, 3.05) is 0 Å². The van der Waals surface area contributed by atoms with E-state index in [1.165, 1.54) is 12.1 Å². The second-order valence-corrected chi connectivity index (χ2v) is 4.86. The van der Waals surface area contributed by atoms with E-state index in [-0.39, 0.29) is 0 Å². The molecule has 0 bridgehead atoms. The monoisotopic (exact) mass is 277 g/mol. The van der Waals surface area contributed by atoms with Gasteiger partial charge in [-0.05, 0) is 42.0 Å². The van der Waals surface area contributed by atoms with Crippen LogP contribution < -0.4 is 0 Å². The van der Waals surface area contributed by atoms with Crippen molar-refractivity contribution in [3.63, 3.8) is 0 Å². The molecule has 2 aromatic carbocycles. The van der Waals surface area contributed by atoms with E-state index in [4.69, 9.17) is 11.6 Å². The number of hydrogen-bond donors (Lipinski definition) is 0. The standard InChI is InChI=1S/C15H10ClF2N/c16-12-1-2-15-11(7-12)3-4-19(15)9-10-5-13(17)8-14(18)6-10/h1-8H,9H2. The van der Waals surface area contributed by atoms with E-state index in [0.29, 0.717) is 17.1 Å². The Morgan fingerprint density at radius 1 is 0.947 bits per heavy atom.